The zero-order valence-electron chi connectivity index (χ0n) is 36.8. The Hall–Kier alpha value is -6.67. The number of methoxy groups -OCH3 is 1. The van der Waals surface area contributed by atoms with Crippen molar-refractivity contribution in [2.24, 2.45) is 0 Å². The maximum Gasteiger partial charge on any atom is 0.407 e. The molecule has 6 aromatic carbocycles. The van der Waals surface area contributed by atoms with Crippen LogP contribution in [0.4, 0.5) is 4.79 Å². The molecule has 1 aliphatic heterocycles. The number of esters is 2. The summed E-state index contributed by atoms with van der Waals surface area (Å²) in [6, 6.07) is 52.1. The number of alkyl carbamates (subject to hydrolysis) is 1. The number of nitrogens with one attached hydrogen (secondary N) is 1. The molecule has 66 heavy (non-hydrogen) atoms. The zero-order valence-corrected chi connectivity index (χ0v) is 36.8. The lowest BCUT2D eigenvalue weighted by Gasteiger charge is -2.46. The molecule has 7 atom stereocenters. The second kappa shape index (κ2) is 22.5. The van der Waals surface area contributed by atoms with Crippen LogP contribution in [-0.2, 0) is 62.5 Å². The molecule has 1 N–H and O–H groups in total. The Morgan fingerprint density at radius 3 is 1.65 bits per heavy atom. The van der Waals surface area contributed by atoms with Crippen molar-refractivity contribution in [3.63, 3.8) is 0 Å². The predicted octanol–water partition coefficient (Wildman–Crippen LogP) is 8.81. The van der Waals surface area contributed by atoms with Gasteiger partial charge in [0.15, 0.2) is 18.4 Å². The fraction of sp³-hybridized carbons (Fsp3) is 0.278. The van der Waals surface area contributed by atoms with Gasteiger partial charge in [-0.1, -0.05) is 158 Å². The first kappa shape index (κ1) is 45.9. The van der Waals surface area contributed by atoms with E-state index >= 15 is 0 Å². The van der Waals surface area contributed by atoms with Gasteiger partial charge in [0.1, 0.15) is 24.9 Å². The average molecular weight is 892 g/mol. The first-order valence-corrected chi connectivity index (χ1v) is 22.0. The van der Waals surface area contributed by atoms with Gasteiger partial charge in [-0.15, -0.1) is 0 Å². The van der Waals surface area contributed by atoms with Crippen LogP contribution in [0.1, 0.15) is 51.0 Å². The second-order valence-electron chi connectivity index (χ2n) is 16.1. The summed E-state index contributed by atoms with van der Waals surface area (Å²) in [5.74, 6) is -1.68. The summed E-state index contributed by atoms with van der Waals surface area (Å²) in [6.45, 7) is 2.18. The molecule has 8 rings (SSSR count). The van der Waals surface area contributed by atoms with Gasteiger partial charge in [0.2, 0.25) is 0 Å². The van der Waals surface area contributed by atoms with Crippen molar-refractivity contribution in [1.82, 2.24) is 5.32 Å². The number of carbonyl (C=O) groups excluding carboxylic acids is 3. The number of rotatable bonds is 19. The van der Waals surface area contributed by atoms with Gasteiger partial charge in [0, 0.05) is 5.92 Å². The number of hydrogen-bond donors (Lipinski definition) is 1. The topological polar surface area (TPSA) is 137 Å². The normalized spacial score (nSPS) is 19.7. The fourth-order valence-corrected chi connectivity index (χ4v) is 8.36. The van der Waals surface area contributed by atoms with Crippen LogP contribution in [0, 0.1) is 0 Å². The standard InChI is InChI=1S/C54H53NO11/c1-36(47(52(57)59-2)55-54(58)63-34-45-43-29-17-15-27-41(43)42-28-16-18-30-44(42)45)64-53-50(66-51(56)40-25-13-6-14-26-40)49(62-33-39-23-11-5-12-24-39)48(61-32-38-21-9-4-10-22-38)46(65-53)35-60-31-37-19-7-3-8-20-37/h3-30,36,45-50,53H,31-35H2,1-2H3,(H,55,58)/t36-,46?,47+,48-,49?,50?,53-/m1/s1. The number of carbonyl (C=O) groups is 3. The summed E-state index contributed by atoms with van der Waals surface area (Å²) in [5, 5.41) is 2.67. The second-order valence-corrected chi connectivity index (χ2v) is 16.1. The van der Waals surface area contributed by atoms with Crippen LogP contribution >= 0.6 is 0 Å². The molecule has 1 saturated heterocycles. The molecular weight excluding hydrogens is 839 g/mol. The number of ether oxygens (including phenoxy) is 8. The molecule has 0 bridgehead atoms. The highest BCUT2D eigenvalue weighted by molar-refractivity contribution is 5.89. The Labute approximate surface area is 384 Å². The molecule has 1 amide bonds. The molecule has 340 valence electrons. The summed E-state index contributed by atoms with van der Waals surface area (Å²) in [4.78, 5) is 41.2. The third kappa shape index (κ3) is 11.4. The first-order chi connectivity index (χ1) is 32.4. The summed E-state index contributed by atoms with van der Waals surface area (Å²) >= 11 is 0. The molecule has 2 aliphatic rings. The molecular formula is C54H53NO11. The van der Waals surface area contributed by atoms with E-state index in [2.05, 4.69) is 5.32 Å². The highest BCUT2D eigenvalue weighted by Crippen LogP contribution is 2.44. The minimum Gasteiger partial charge on any atom is -0.467 e. The lowest BCUT2D eigenvalue weighted by atomic mass is 9.97. The quantitative estimate of drug-likeness (QED) is 0.0617. The molecule has 1 heterocycles. The molecule has 0 saturated carbocycles. The molecule has 0 aromatic heterocycles. The Morgan fingerprint density at radius 1 is 0.591 bits per heavy atom. The Morgan fingerprint density at radius 2 is 1.09 bits per heavy atom. The van der Waals surface area contributed by atoms with E-state index in [0.29, 0.717) is 0 Å². The van der Waals surface area contributed by atoms with Crippen molar-refractivity contribution in [2.45, 2.75) is 75.5 Å². The van der Waals surface area contributed by atoms with E-state index in [-0.39, 0.29) is 44.5 Å². The number of fused-ring (bicyclic) bond motifs is 3. The van der Waals surface area contributed by atoms with Crippen molar-refractivity contribution >= 4 is 18.0 Å². The monoisotopic (exact) mass is 891 g/mol. The van der Waals surface area contributed by atoms with E-state index in [0.717, 1.165) is 38.9 Å². The smallest absolute Gasteiger partial charge is 0.407 e. The van der Waals surface area contributed by atoms with E-state index in [9.17, 15) is 14.4 Å². The average Bonchev–Trinajstić information content (AvgIpc) is 3.68. The van der Waals surface area contributed by atoms with Crippen molar-refractivity contribution < 1.29 is 52.3 Å². The van der Waals surface area contributed by atoms with Crippen molar-refractivity contribution in [3.8, 4) is 11.1 Å². The first-order valence-electron chi connectivity index (χ1n) is 22.0. The summed E-state index contributed by atoms with van der Waals surface area (Å²) in [6.07, 6.45) is -7.38. The number of benzene rings is 6. The highest BCUT2D eigenvalue weighted by atomic mass is 16.7. The van der Waals surface area contributed by atoms with Gasteiger partial charge in [0.05, 0.1) is 45.2 Å². The van der Waals surface area contributed by atoms with Gasteiger partial charge in [-0.2, -0.15) is 0 Å². The van der Waals surface area contributed by atoms with Crippen molar-refractivity contribution in [2.75, 3.05) is 20.3 Å². The van der Waals surface area contributed by atoms with Crippen molar-refractivity contribution in [3.05, 3.63) is 203 Å². The van der Waals surface area contributed by atoms with E-state index in [4.69, 9.17) is 37.9 Å². The molecule has 6 aromatic rings. The fourth-order valence-electron chi connectivity index (χ4n) is 8.36. The van der Waals surface area contributed by atoms with E-state index in [1.807, 2.05) is 140 Å². The summed E-state index contributed by atoms with van der Waals surface area (Å²) < 4.78 is 50.5. The van der Waals surface area contributed by atoms with E-state index in [1.54, 1.807) is 37.3 Å². The van der Waals surface area contributed by atoms with Gasteiger partial charge >= 0.3 is 18.0 Å². The van der Waals surface area contributed by atoms with Crippen LogP contribution in [0.2, 0.25) is 0 Å². The SMILES string of the molecule is COC(=O)[C@@H](NC(=O)OCC1c2ccccc2-c2ccccc21)[C@@H](C)O[C@@H]1OC(COCc2ccccc2)[C@@H](OCc2ccccc2)C(OCc2ccccc2)C1OC(=O)c1ccccc1. The van der Waals surface area contributed by atoms with Crippen LogP contribution in [0.5, 0.6) is 0 Å². The van der Waals surface area contributed by atoms with Crippen LogP contribution in [0.15, 0.2) is 170 Å². The maximum atomic E-state index is 14.0. The maximum absolute atomic E-state index is 14.0. The van der Waals surface area contributed by atoms with Gasteiger partial charge in [-0.25, -0.2) is 14.4 Å². The predicted molar refractivity (Wildman–Crippen MR) is 245 cm³/mol. The third-order valence-corrected chi connectivity index (χ3v) is 11.7. The third-order valence-electron chi connectivity index (χ3n) is 11.7. The van der Waals surface area contributed by atoms with Crippen LogP contribution in [0.25, 0.3) is 11.1 Å². The zero-order chi connectivity index (χ0) is 45.7. The molecule has 1 aliphatic carbocycles. The Kier molecular flexibility index (Phi) is 15.6. The lowest BCUT2D eigenvalue weighted by Crippen LogP contribution is -2.63. The molecule has 3 unspecified atom stereocenters. The summed E-state index contributed by atoms with van der Waals surface area (Å²) in [5.41, 5.74) is 7.22. The number of amides is 1. The van der Waals surface area contributed by atoms with Crippen molar-refractivity contribution in [1.29, 1.82) is 0 Å². The molecule has 12 heteroatoms. The largest absolute Gasteiger partial charge is 0.467 e. The number of hydrogen-bond acceptors (Lipinski definition) is 11. The van der Waals surface area contributed by atoms with Gasteiger partial charge in [-0.3, -0.25) is 0 Å². The lowest BCUT2D eigenvalue weighted by molar-refractivity contribution is -0.326. The van der Waals surface area contributed by atoms with Gasteiger partial charge < -0.3 is 43.2 Å². The van der Waals surface area contributed by atoms with Gasteiger partial charge in [0.25, 0.3) is 0 Å². The van der Waals surface area contributed by atoms with Crippen LogP contribution in [0.3, 0.4) is 0 Å². The van der Waals surface area contributed by atoms with E-state index in [1.165, 1.54) is 7.11 Å². The van der Waals surface area contributed by atoms with Crippen LogP contribution < -0.4 is 5.32 Å². The summed E-state index contributed by atoms with van der Waals surface area (Å²) in [7, 11) is 1.21. The Bertz CT molecular complexity index is 2440. The van der Waals surface area contributed by atoms with E-state index < -0.39 is 60.9 Å². The highest BCUT2D eigenvalue weighted by Gasteiger charge is 2.52. The molecule has 0 spiro atoms. The van der Waals surface area contributed by atoms with Gasteiger partial charge in [-0.05, 0) is 58.0 Å². The molecule has 1 fully saturated rings. The minimum absolute atomic E-state index is 0.0156. The molecule has 12 nitrogen and oxygen atoms in total. The molecule has 0 radical (unpaired) electrons. The Balaban J connectivity index is 1.08. The minimum atomic E-state index is -1.39. The van der Waals surface area contributed by atoms with Crippen LogP contribution in [-0.4, -0.2) is 81.2 Å².